The average molecular weight is 378 g/mol. The number of nitrogens with one attached hydrogen (secondary N) is 2. The summed E-state index contributed by atoms with van der Waals surface area (Å²) >= 11 is 1.45. The van der Waals surface area contributed by atoms with Crippen molar-refractivity contribution in [1.29, 1.82) is 0 Å². The lowest BCUT2D eigenvalue weighted by Gasteiger charge is -2.41. The van der Waals surface area contributed by atoms with E-state index in [1.165, 1.54) is 23.9 Å². The molecule has 8 nitrogen and oxygen atoms in total. The van der Waals surface area contributed by atoms with Crippen LogP contribution < -0.4 is 10.6 Å². The fourth-order valence-electron chi connectivity index (χ4n) is 2.99. The maximum atomic E-state index is 12.9. The Morgan fingerprint density at radius 1 is 1.42 bits per heavy atom. The maximum Gasteiger partial charge on any atom is 0.257 e. The van der Waals surface area contributed by atoms with Crippen LogP contribution in [0.1, 0.15) is 23.2 Å². The van der Waals surface area contributed by atoms with Crippen molar-refractivity contribution >= 4 is 28.3 Å². The van der Waals surface area contributed by atoms with E-state index in [0.29, 0.717) is 49.8 Å². The fraction of sp³-hybridized carbons (Fsp3) is 0.471. The van der Waals surface area contributed by atoms with Crippen molar-refractivity contribution in [2.24, 2.45) is 0 Å². The molecule has 9 heteroatoms. The zero-order chi connectivity index (χ0) is 18.4. The van der Waals surface area contributed by atoms with Crippen molar-refractivity contribution in [1.82, 2.24) is 15.2 Å². The number of rotatable bonds is 7. The van der Waals surface area contributed by atoms with Gasteiger partial charge in [-0.3, -0.25) is 9.59 Å². The van der Waals surface area contributed by atoms with Crippen LogP contribution in [0.15, 0.2) is 34.6 Å². The van der Waals surface area contributed by atoms with Crippen LogP contribution in [0, 0.1) is 0 Å². The van der Waals surface area contributed by atoms with Crippen molar-refractivity contribution in [2.75, 3.05) is 38.7 Å². The van der Waals surface area contributed by atoms with E-state index in [0.717, 1.165) is 0 Å². The van der Waals surface area contributed by atoms with Gasteiger partial charge >= 0.3 is 0 Å². The highest BCUT2D eigenvalue weighted by Gasteiger charge is 2.42. The molecule has 0 bridgehead atoms. The molecule has 26 heavy (non-hydrogen) atoms. The number of anilines is 1. The number of nitrogens with zero attached hydrogens (tertiary/aromatic N) is 2. The second kappa shape index (κ2) is 8.33. The fourth-order valence-corrected chi connectivity index (χ4v) is 3.62. The van der Waals surface area contributed by atoms with Gasteiger partial charge in [-0.05, 0) is 18.9 Å². The molecule has 140 valence electrons. The molecule has 1 aliphatic rings. The summed E-state index contributed by atoms with van der Waals surface area (Å²) in [6.07, 6.45) is 5.61. The standard InChI is InChI=1S/C17H22N4O4S/c1-24-10-5-18-15(23)17(20-16-19-6-11-26-16)3-7-21(8-4-17)14(22)13-2-9-25-12-13/h2,6,9,11-12H,3-5,7-8,10H2,1H3,(H,18,23)(H,19,20). The zero-order valence-corrected chi connectivity index (χ0v) is 15.4. The lowest BCUT2D eigenvalue weighted by atomic mass is 9.86. The van der Waals surface area contributed by atoms with Gasteiger partial charge in [0.05, 0.1) is 18.4 Å². The average Bonchev–Trinajstić information content (AvgIpc) is 3.36. The number of aromatic nitrogens is 1. The largest absolute Gasteiger partial charge is 0.472 e. The van der Waals surface area contributed by atoms with Gasteiger partial charge in [-0.1, -0.05) is 0 Å². The van der Waals surface area contributed by atoms with Gasteiger partial charge in [0, 0.05) is 38.3 Å². The third kappa shape index (κ3) is 4.05. The highest BCUT2D eigenvalue weighted by molar-refractivity contribution is 7.13. The van der Waals surface area contributed by atoms with Crippen LogP contribution in [0.5, 0.6) is 0 Å². The van der Waals surface area contributed by atoms with E-state index in [4.69, 9.17) is 9.15 Å². The van der Waals surface area contributed by atoms with E-state index in [-0.39, 0.29) is 11.8 Å². The van der Waals surface area contributed by atoms with Crippen LogP contribution in [0.3, 0.4) is 0 Å². The first-order valence-corrected chi connectivity index (χ1v) is 9.29. The van der Waals surface area contributed by atoms with Crippen LogP contribution in [0.25, 0.3) is 0 Å². The molecule has 3 heterocycles. The second-order valence-corrected chi connectivity index (χ2v) is 6.99. The summed E-state index contributed by atoms with van der Waals surface area (Å²) in [5.41, 5.74) is -0.270. The number of ether oxygens (including phenoxy) is 1. The first kappa shape index (κ1) is 18.4. The molecule has 2 aromatic heterocycles. The topological polar surface area (TPSA) is 96.7 Å². The quantitative estimate of drug-likeness (QED) is 0.710. The Hall–Kier alpha value is -2.39. The number of thiazole rings is 1. The Bertz CT molecular complexity index is 709. The number of amides is 2. The maximum absolute atomic E-state index is 12.9. The van der Waals surface area contributed by atoms with Crippen molar-refractivity contribution in [3.05, 3.63) is 35.7 Å². The molecule has 0 aromatic carbocycles. The zero-order valence-electron chi connectivity index (χ0n) is 14.6. The van der Waals surface area contributed by atoms with E-state index in [1.807, 2.05) is 5.38 Å². The molecule has 1 fully saturated rings. The van der Waals surface area contributed by atoms with E-state index in [1.54, 1.807) is 24.3 Å². The molecule has 0 unspecified atom stereocenters. The Morgan fingerprint density at radius 3 is 2.85 bits per heavy atom. The molecule has 2 amide bonds. The number of carbonyl (C=O) groups excluding carboxylic acids is 2. The van der Waals surface area contributed by atoms with Crippen molar-refractivity contribution in [2.45, 2.75) is 18.4 Å². The lowest BCUT2D eigenvalue weighted by Crippen LogP contribution is -2.59. The summed E-state index contributed by atoms with van der Waals surface area (Å²) in [4.78, 5) is 31.3. The van der Waals surface area contributed by atoms with Crippen LogP contribution >= 0.6 is 11.3 Å². The minimum absolute atomic E-state index is 0.0820. The van der Waals surface area contributed by atoms with Gasteiger partial charge in [0.1, 0.15) is 11.8 Å². The van der Waals surface area contributed by atoms with Gasteiger partial charge in [-0.2, -0.15) is 0 Å². The molecule has 0 atom stereocenters. The molecule has 0 spiro atoms. The predicted octanol–water partition coefficient (Wildman–Crippen LogP) is 1.59. The first-order chi connectivity index (χ1) is 12.6. The Morgan fingerprint density at radius 2 is 2.23 bits per heavy atom. The number of carbonyl (C=O) groups is 2. The Kier molecular flexibility index (Phi) is 5.89. The summed E-state index contributed by atoms with van der Waals surface area (Å²) in [6.45, 7) is 1.83. The number of likely N-dealkylation sites (tertiary alicyclic amines) is 1. The predicted molar refractivity (Wildman–Crippen MR) is 97.2 cm³/mol. The third-order valence-corrected chi connectivity index (χ3v) is 5.17. The van der Waals surface area contributed by atoms with Gasteiger partial charge in [-0.15, -0.1) is 11.3 Å². The summed E-state index contributed by atoms with van der Waals surface area (Å²) in [5, 5.41) is 8.76. The molecular weight excluding hydrogens is 356 g/mol. The minimum atomic E-state index is -0.793. The number of furan rings is 1. The van der Waals surface area contributed by atoms with Gasteiger partial charge in [0.15, 0.2) is 5.13 Å². The molecule has 0 aliphatic carbocycles. The Balaban J connectivity index is 1.69. The van der Waals surface area contributed by atoms with Gasteiger partial charge in [0.25, 0.3) is 5.91 Å². The highest BCUT2D eigenvalue weighted by Crippen LogP contribution is 2.29. The summed E-state index contributed by atoms with van der Waals surface area (Å²) < 4.78 is 9.99. The lowest BCUT2D eigenvalue weighted by molar-refractivity contribution is -0.127. The van der Waals surface area contributed by atoms with Crippen LogP contribution in [-0.4, -0.2) is 60.6 Å². The molecule has 0 saturated carbocycles. The van der Waals surface area contributed by atoms with Crippen LogP contribution in [-0.2, 0) is 9.53 Å². The Labute approximate surface area is 155 Å². The normalized spacial score (nSPS) is 16.3. The molecule has 1 saturated heterocycles. The van der Waals surface area contributed by atoms with E-state index in [9.17, 15) is 9.59 Å². The number of hydrogen-bond donors (Lipinski definition) is 2. The summed E-state index contributed by atoms with van der Waals surface area (Å²) in [5.74, 6) is -0.179. The van der Waals surface area contributed by atoms with Crippen molar-refractivity contribution in [3.63, 3.8) is 0 Å². The third-order valence-electron chi connectivity index (χ3n) is 4.48. The van der Waals surface area contributed by atoms with Crippen molar-refractivity contribution in [3.8, 4) is 0 Å². The number of methoxy groups -OCH3 is 1. The van der Waals surface area contributed by atoms with E-state index >= 15 is 0 Å². The van der Waals surface area contributed by atoms with Crippen molar-refractivity contribution < 1.29 is 18.7 Å². The van der Waals surface area contributed by atoms with E-state index < -0.39 is 5.54 Å². The SMILES string of the molecule is COCCNC(=O)C1(Nc2nccs2)CCN(C(=O)c2ccoc2)CC1. The van der Waals surface area contributed by atoms with E-state index in [2.05, 4.69) is 15.6 Å². The number of piperidine rings is 1. The molecule has 1 aliphatic heterocycles. The molecule has 2 N–H and O–H groups in total. The van der Waals surface area contributed by atoms with Crippen LogP contribution in [0.4, 0.5) is 5.13 Å². The van der Waals surface area contributed by atoms with Gasteiger partial charge in [-0.25, -0.2) is 4.98 Å². The van der Waals surface area contributed by atoms with Crippen LogP contribution in [0.2, 0.25) is 0 Å². The minimum Gasteiger partial charge on any atom is -0.472 e. The molecular formula is C17H22N4O4S. The van der Waals surface area contributed by atoms with Gasteiger partial charge < -0.3 is 24.7 Å². The number of hydrogen-bond acceptors (Lipinski definition) is 7. The summed E-state index contributed by atoms with van der Waals surface area (Å²) in [6, 6.07) is 1.65. The van der Waals surface area contributed by atoms with Gasteiger partial charge in [0.2, 0.25) is 5.91 Å². The smallest absolute Gasteiger partial charge is 0.257 e. The monoisotopic (exact) mass is 378 g/mol. The first-order valence-electron chi connectivity index (χ1n) is 8.41. The molecule has 3 rings (SSSR count). The molecule has 0 radical (unpaired) electrons. The second-order valence-electron chi connectivity index (χ2n) is 6.10. The summed E-state index contributed by atoms with van der Waals surface area (Å²) in [7, 11) is 1.59. The highest BCUT2D eigenvalue weighted by atomic mass is 32.1. The molecule has 2 aromatic rings.